The summed E-state index contributed by atoms with van der Waals surface area (Å²) < 4.78 is 7.80. The molecule has 0 aliphatic carbocycles. The first-order valence-corrected chi connectivity index (χ1v) is 12.5. The molecule has 4 aromatic rings. The quantitative estimate of drug-likeness (QED) is 0.434. The van der Waals surface area contributed by atoms with Gasteiger partial charge in [0, 0.05) is 5.69 Å². The van der Waals surface area contributed by atoms with Gasteiger partial charge < -0.3 is 10.1 Å². The minimum Gasteiger partial charge on any atom is -0.494 e. The van der Waals surface area contributed by atoms with Crippen LogP contribution in [0.3, 0.4) is 0 Å². The van der Waals surface area contributed by atoms with E-state index in [4.69, 9.17) is 9.73 Å². The highest BCUT2D eigenvalue weighted by atomic mass is 32.1. The van der Waals surface area contributed by atoms with Crippen LogP contribution in [0.15, 0.2) is 106 Å². The van der Waals surface area contributed by atoms with Crippen molar-refractivity contribution in [3.63, 3.8) is 0 Å². The summed E-state index contributed by atoms with van der Waals surface area (Å²) >= 11 is 1.33. The van der Waals surface area contributed by atoms with Crippen molar-refractivity contribution in [3.8, 4) is 5.75 Å². The fourth-order valence-electron chi connectivity index (χ4n) is 4.26. The number of nitrogens with zero attached hydrogens (tertiary/aromatic N) is 2. The van der Waals surface area contributed by atoms with E-state index in [2.05, 4.69) is 5.32 Å². The predicted molar refractivity (Wildman–Crippen MR) is 143 cm³/mol. The van der Waals surface area contributed by atoms with E-state index in [1.54, 1.807) is 4.57 Å². The monoisotopic (exact) mass is 495 g/mol. The van der Waals surface area contributed by atoms with Crippen molar-refractivity contribution in [1.82, 2.24) is 4.57 Å². The number of aromatic nitrogens is 1. The van der Waals surface area contributed by atoms with Gasteiger partial charge in [0.05, 0.1) is 28.5 Å². The molecule has 0 saturated heterocycles. The molecule has 0 saturated carbocycles. The Morgan fingerprint density at radius 1 is 1.03 bits per heavy atom. The summed E-state index contributed by atoms with van der Waals surface area (Å²) in [6.07, 6.45) is 1.86. The number of allylic oxidation sites excluding steroid dienone is 1. The maximum absolute atomic E-state index is 13.7. The van der Waals surface area contributed by atoms with Gasteiger partial charge in [-0.25, -0.2) is 4.99 Å². The third-order valence-corrected chi connectivity index (χ3v) is 6.89. The highest BCUT2D eigenvalue weighted by Crippen LogP contribution is 2.31. The van der Waals surface area contributed by atoms with Crippen LogP contribution in [0.1, 0.15) is 31.0 Å². The van der Waals surface area contributed by atoms with E-state index in [9.17, 15) is 9.59 Å². The minimum absolute atomic E-state index is 0.181. The summed E-state index contributed by atoms with van der Waals surface area (Å²) in [7, 11) is 0. The molecule has 36 heavy (non-hydrogen) atoms. The van der Waals surface area contributed by atoms with Crippen LogP contribution in [0.2, 0.25) is 0 Å². The van der Waals surface area contributed by atoms with Gasteiger partial charge in [0.15, 0.2) is 4.80 Å². The van der Waals surface area contributed by atoms with Crippen molar-refractivity contribution in [1.29, 1.82) is 0 Å². The van der Waals surface area contributed by atoms with E-state index < -0.39 is 6.04 Å². The second-order valence-corrected chi connectivity index (χ2v) is 9.32. The molecule has 1 atom stereocenters. The number of amides is 1. The molecular weight excluding hydrogens is 470 g/mol. The van der Waals surface area contributed by atoms with Gasteiger partial charge in [-0.15, -0.1) is 0 Å². The van der Waals surface area contributed by atoms with Crippen molar-refractivity contribution in [3.05, 3.63) is 127 Å². The maximum Gasteiger partial charge on any atom is 0.271 e. The Labute approximate surface area is 212 Å². The Kier molecular flexibility index (Phi) is 6.64. The molecule has 3 aromatic carbocycles. The largest absolute Gasteiger partial charge is 0.494 e. The van der Waals surface area contributed by atoms with E-state index in [1.165, 1.54) is 11.3 Å². The number of hydrogen-bond donors (Lipinski definition) is 1. The molecule has 0 radical (unpaired) electrons. The van der Waals surface area contributed by atoms with Gasteiger partial charge in [-0.1, -0.05) is 72.0 Å². The summed E-state index contributed by atoms with van der Waals surface area (Å²) in [4.78, 5) is 32.5. The van der Waals surface area contributed by atoms with Crippen LogP contribution in [0.25, 0.3) is 6.08 Å². The number of fused-ring (bicyclic) bond motifs is 1. The molecule has 6 nitrogen and oxygen atoms in total. The molecule has 1 aliphatic rings. The maximum atomic E-state index is 13.7. The number of para-hydroxylation sites is 1. The average molecular weight is 496 g/mol. The van der Waals surface area contributed by atoms with Crippen molar-refractivity contribution >= 4 is 29.0 Å². The van der Waals surface area contributed by atoms with Crippen LogP contribution in [0.5, 0.6) is 5.75 Å². The standard InChI is InChI=1S/C29H25N3O3S/c1-3-35-23-16-14-21(15-17-23)26-25(27(33)31-22-12-8-5-9-13-22)19(2)30-29-32(26)28(34)24(36-29)18-20-10-6-4-7-11-20/h4-18,26H,3H2,1-2H3,(H,31,33)/b24-18-/t26-/m1/s1. The third kappa shape index (κ3) is 4.65. The topological polar surface area (TPSA) is 72.7 Å². The first kappa shape index (κ1) is 23.5. The molecule has 180 valence electrons. The fourth-order valence-corrected chi connectivity index (χ4v) is 5.31. The van der Waals surface area contributed by atoms with Gasteiger partial charge in [-0.3, -0.25) is 14.2 Å². The average Bonchev–Trinajstić information content (AvgIpc) is 3.19. The molecule has 7 heteroatoms. The summed E-state index contributed by atoms with van der Waals surface area (Å²) in [6, 6.07) is 25.9. The Bertz CT molecular complexity index is 1600. The molecule has 0 bridgehead atoms. The van der Waals surface area contributed by atoms with Crippen LogP contribution in [0.4, 0.5) is 5.69 Å². The minimum atomic E-state index is -0.626. The number of nitrogens with one attached hydrogen (secondary N) is 1. The molecule has 1 aliphatic heterocycles. The van der Waals surface area contributed by atoms with Gasteiger partial charge in [-0.05, 0) is 55.3 Å². The van der Waals surface area contributed by atoms with Crippen LogP contribution < -0.4 is 24.9 Å². The van der Waals surface area contributed by atoms with E-state index in [1.807, 2.05) is 105 Å². The number of carbonyl (C=O) groups is 1. The Hall–Kier alpha value is -4.23. The van der Waals surface area contributed by atoms with E-state index in [-0.39, 0.29) is 11.5 Å². The molecule has 0 spiro atoms. The lowest BCUT2D eigenvalue weighted by Gasteiger charge is -2.25. The highest BCUT2D eigenvalue weighted by Gasteiger charge is 2.32. The van der Waals surface area contributed by atoms with Gasteiger partial charge in [-0.2, -0.15) is 0 Å². The van der Waals surface area contributed by atoms with Crippen LogP contribution in [-0.4, -0.2) is 17.1 Å². The molecule has 1 amide bonds. The first-order valence-electron chi connectivity index (χ1n) is 11.7. The lowest BCUT2D eigenvalue weighted by atomic mass is 9.95. The number of carbonyl (C=O) groups excluding carboxylic acids is 1. The smallest absolute Gasteiger partial charge is 0.271 e. The van der Waals surface area contributed by atoms with E-state index >= 15 is 0 Å². The van der Waals surface area contributed by atoms with Gasteiger partial charge in [0.1, 0.15) is 5.75 Å². The van der Waals surface area contributed by atoms with Crippen molar-refractivity contribution < 1.29 is 9.53 Å². The predicted octanol–water partition coefficient (Wildman–Crippen LogP) is 4.27. The van der Waals surface area contributed by atoms with Gasteiger partial charge in [0.2, 0.25) is 0 Å². The Morgan fingerprint density at radius 2 is 1.69 bits per heavy atom. The van der Waals surface area contributed by atoms with Crippen molar-refractivity contribution in [2.24, 2.45) is 4.99 Å². The summed E-state index contributed by atoms with van der Waals surface area (Å²) in [5.41, 5.74) is 3.24. The number of hydrogen-bond acceptors (Lipinski definition) is 5. The molecule has 5 rings (SSSR count). The van der Waals surface area contributed by atoms with Crippen LogP contribution >= 0.6 is 11.3 Å². The van der Waals surface area contributed by atoms with Crippen LogP contribution in [-0.2, 0) is 4.79 Å². The van der Waals surface area contributed by atoms with E-state index in [0.717, 1.165) is 16.9 Å². The molecule has 0 unspecified atom stereocenters. The first-order chi connectivity index (χ1) is 17.5. The molecule has 2 heterocycles. The fraction of sp³-hybridized carbons (Fsp3) is 0.138. The van der Waals surface area contributed by atoms with Crippen LogP contribution in [0, 0.1) is 0 Å². The third-order valence-electron chi connectivity index (χ3n) is 5.90. The summed E-state index contributed by atoms with van der Waals surface area (Å²) in [5, 5.41) is 2.97. The summed E-state index contributed by atoms with van der Waals surface area (Å²) in [5.74, 6) is 0.437. The molecule has 0 fully saturated rings. The number of anilines is 1. The molecular formula is C29H25N3O3S. The zero-order valence-electron chi connectivity index (χ0n) is 20.0. The lowest BCUT2D eigenvalue weighted by Crippen LogP contribution is -2.40. The van der Waals surface area contributed by atoms with E-state index in [0.29, 0.717) is 32.9 Å². The number of thiazole rings is 1. The number of rotatable bonds is 6. The van der Waals surface area contributed by atoms with Crippen molar-refractivity contribution in [2.75, 3.05) is 11.9 Å². The number of benzene rings is 3. The normalized spacial score (nSPS) is 15.3. The molecule has 1 N–H and O–H groups in total. The number of ether oxygens (including phenoxy) is 1. The van der Waals surface area contributed by atoms with Gasteiger partial charge in [0.25, 0.3) is 11.5 Å². The zero-order chi connectivity index (χ0) is 25.1. The second kappa shape index (κ2) is 10.2. The Balaban J connectivity index is 1.66. The molecule has 1 aromatic heterocycles. The SMILES string of the molecule is CCOc1ccc([C@@H]2C(C(=O)Nc3ccccc3)=C(C)N=c3s/c(=C\c4ccccc4)c(=O)n32)cc1. The Morgan fingerprint density at radius 3 is 2.36 bits per heavy atom. The van der Waals surface area contributed by atoms with Crippen molar-refractivity contribution in [2.45, 2.75) is 19.9 Å². The second-order valence-electron chi connectivity index (χ2n) is 8.31. The zero-order valence-corrected chi connectivity index (χ0v) is 20.8. The summed E-state index contributed by atoms with van der Waals surface area (Å²) in [6.45, 7) is 4.30. The lowest BCUT2D eigenvalue weighted by molar-refractivity contribution is -0.113. The van der Waals surface area contributed by atoms with Gasteiger partial charge >= 0.3 is 0 Å². The highest BCUT2D eigenvalue weighted by molar-refractivity contribution is 7.07.